The van der Waals surface area contributed by atoms with Crippen LogP contribution in [0.4, 0.5) is 0 Å². The molecule has 24 heavy (non-hydrogen) atoms. The van der Waals surface area contributed by atoms with E-state index >= 15 is 0 Å². The van der Waals surface area contributed by atoms with Gasteiger partial charge in [-0.3, -0.25) is 0 Å². The Kier molecular flexibility index (Phi) is 4.87. The Labute approximate surface area is 162 Å². The van der Waals surface area contributed by atoms with Gasteiger partial charge >= 0.3 is 0 Å². The fourth-order valence-corrected chi connectivity index (χ4v) is 4.12. The van der Waals surface area contributed by atoms with Gasteiger partial charge in [-0.1, -0.05) is 32.4 Å². The number of halogens is 2. The van der Waals surface area contributed by atoms with Gasteiger partial charge in [0.1, 0.15) is 6.61 Å². The predicted molar refractivity (Wildman–Crippen MR) is 107 cm³/mol. The van der Waals surface area contributed by atoms with Crippen LogP contribution in [0.3, 0.4) is 0 Å². The molecule has 1 atom stereocenters. The molecule has 132 valence electrons. The molecule has 1 aliphatic heterocycles. The third-order valence-electron chi connectivity index (χ3n) is 4.79. The first-order valence-corrected chi connectivity index (χ1v) is 12.3. The van der Waals surface area contributed by atoms with Gasteiger partial charge in [0.15, 0.2) is 35.3 Å². The molecule has 3 rings (SSSR count). The smallest absolute Gasteiger partial charge is 0.192 e. The highest BCUT2D eigenvalue weighted by Gasteiger charge is 2.38. The van der Waals surface area contributed by atoms with Crippen molar-refractivity contribution in [1.29, 1.82) is 0 Å². The van der Waals surface area contributed by atoms with Crippen LogP contribution in [0.1, 0.15) is 20.8 Å². The van der Waals surface area contributed by atoms with E-state index in [0.717, 1.165) is 9.15 Å². The lowest BCUT2D eigenvalue weighted by molar-refractivity contribution is 0.0503. The van der Waals surface area contributed by atoms with Crippen LogP contribution in [0.5, 0.6) is 11.5 Å². The highest BCUT2D eigenvalue weighted by molar-refractivity contribution is 14.1. The molecule has 7 heteroatoms. The van der Waals surface area contributed by atoms with Crippen LogP contribution < -0.4 is 9.47 Å². The van der Waals surface area contributed by atoms with Gasteiger partial charge in [-0.2, -0.15) is 0 Å². The minimum absolute atomic E-state index is 0.133. The molecule has 0 fully saturated rings. The Balaban J connectivity index is 1.78. The first-order chi connectivity index (χ1) is 11.1. The summed E-state index contributed by atoms with van der Waals surface area (Å²) in [5.41, 5.74) is 0.638. The summed E-state index contributed by atoms with van der Waals surface area (Å²) in [6.45, 7) is 12.1. The number of hydrogen-bond donors (Lipinski definition) is 0. The summed E-state index contributed by atoms with van der Waals surface area (Å²) in [5.74, 6) is 1.35. The summed E-state index contributed by atoms with van der Waals surface area (Å²) < 4.78 is 24.7. The standard InChI is InChI=1S/C17H22ClIO4Si/c1-17(2,3)24(4,5)21-9-10-8-20-16-11-6-14(19)23-15(11)12(18)7-13(16)22-10/h6-7,10H,8-9H2,1-5H3/t10-/m1/s1. The summed E-state index contributed by atoms with van der Waals surface area (Å²) in [5, 5.41) is 1.55. The lowest BCUT2D eigenvalue weighted by atomic mass is 10.2. The van der Waals surface area contributed by atoms with Gasteiger partial charge in [0, 0.05) is 12.1 Å². The fourth-order valence-electron chi connectivity index (χ4n) is 2.31. The van der Waals surface area contributed by atoms with E-state index in [1.807, 2.05) is 6.07 Å². The van der Waals surface area contributed by atoms with Crippen molar-refractivity contribution in [2.24, 2.45) is 0 Å². The molecule has 2 heterocycles. The molecule has 0 aliphatic carbocycles. The molecule has 0 unspecified atom stereocenters. The van der Waals surface area contributed by atoms with Gasteiger partial charge in [-0.15, -0.1) is 0 Å². The number of hydrogen-bond acceptors (Lipinski definition) is 4. The maximum absolute atomic E-state index is 6.31. The molecule has 1 aliphatic rings. The largest absolute Gasteiger partial charge is 0.485 e. The van der Waals surface area contributed by atoms with Gasteiger partial charge < -0.3 is 18.3 Å². The number of furan rings is 1. The summed E-state index contributed by atoms with van der Waals surface area (Å²) in [4.78, 5) is 0. The Morgan fingerprint density at radius 1 is 1.33 bits per heavy atom. The molecule has 0 radical (unpaired) electrons. The molecule has 1 aromatic carbocycles. The third kappa shape index (κ3) is 3.43. The van der Waals surface area contributed by atoms with Crippen LogP contribution in [0.25, 0.3) is 11.0 Å². The number of benzene rings is 1. The van der Waals surface area contributed by atoms with E-state index < -0.39 is 8.32 Å². The van der Waals surface area contributed by atoms with E-state index in [2.05, 4.69) is 56.5 Å². The zero-order valence-corrected chi connectivity index (χ0v) is 18.4. The first-order valence-electron chi connectivity index (χ1n) is 7.93. The van der Waals surface area contributed by atoms with Crippen LogP contribution in [0.2, 0.25) is 23.2 Å². The molecule has 0 saturated carbocycles. The predicted octanol–water partition coefficient (Wildman–Crippen LogP) is 5.85. The van der Waals surface area contributed by atoms with Crippen LogP contribution in [0, 0.1) is 3.77 Å². The SMILES string of the molecule is CC(C)(C)[Si](C)(C)OC[C@H]1COc2c(cc(Cl)c3oc(I)cc23)O1. The van der Waals surface area contributed by atoms with E-state index in [4.69, 9.17) is 29.9 Å². The van der Waals surface area contributed by atoms with Gasteiger partial charge in [0.25, 0.3) is 0 Å². The van der Waals surface area contributed by atoms with Crippen molar-refractivity contribution in [3.8, 4) is 11.5 Å². The van der Waals surface area contributed by atoms with Gasteiger partial charge in [0.05, 0.1) is 17.0 Å². The Morgan fingerprint density at radius 3 is 2.71 bits per heavy atom. The topological polar surface area (TPSA) is 40.8 Å². The summed E-state index contributed by atoms with van der Waals surface area (Å²) in [7, 11) is -1.81. The van der Waals surface area contributed by atoms with Crippen LogP contribution in [-0.4, -0.2) is 27.6 Å². The maximum Gasteiger partial charge on any atom is 0.192 e. The minimum Gasteiger partial charge on any atom is -0.485 e. The lowest BCUT2D eigenvalue weighted by Gasteiger charge is -2.37. The quantitative estimate of drug-likeness (QED) is 0.408. The molecule has 0 saturated heterocycles. The summed E-state index contributed by atoms with van der Waals surface area (Å²) in [6.07, 6.45) is -0.133. The molecular formula is C17H22ClIO4Si. The molecular weight excluding hydrogens is 459 g/mol. The van der Waals surface area contributed by atoms with E-state index in [9.17, 15) is 0 Å². The Hall–Kier alpha value is -0.443. The average molecular weight is 481 g/mol. The average Bonchev–Trinajstić information content (AvgIpc) is 2.86. The fraction of sp³-hybridized carbons (Fsp3) is 0.529. The van der Waals surface area contributed by atoms with Crippen LogP contribution in [-0.2, 0) is 4.43 Å². The maximum atomic E-state index is 6.31. The van der Waals surface area contributed by atoms with Gasteiger partial charge in [-0.25, -0.2) is 0 Å². The van der Waals surface area contributed by atoms with Gasteiger partial charge in [0.2, 0.25) is 0 Å². The first kappa shape index (κ1) is 18.4. The second-order valence-corrected chi connectivity index (χ2v) is 13.9. The summed E-state index contributed by atoms with van der Waals surface area (Å²) in [6, 6.07) is 3.67. The number of rotatable bonds is 3. The van der Waals surface area contributed by atoms with E-state index in [1.54, 1.807) is 6.07 Å². The van der Waals surface area contributed by atoms with E-state index in [0.29, 0.717) is 35.3 Å². The van der Waals surface area contributed by atoms with Crippen molar-refractivity contribution in [3.63, 3.8) is 0 Å². The van der Waals surface area contributed by atoms with Crippen LogP contribution in [0.15, 0.2) is 16.5 Å². The molecule has 2 aromatic rings. The van der Waals surface area contributed by atoms with Crippen molar-refractivity contribution >= 4 is 53.5 Å². The monoisotopic (exact) mass is 480 g/mol. The second kappa shape index (κ2) is 6.37. The normalized spacial score (nSPS) is 18.2. The van der Waals surface area contributed by atoms with Crippen molar-refractivity contribution < 1.29 is 18.3 Å². The molecule has 0 N–H and O–H groups in total. The molecule has 1 aromatic heterocycles. The van der Waals surface area contributed by atoms with E-state index in [-0.39, 0.29) is 11.1 Å². The highest BCUT2D eigenvalue weighted by atomic mass is 127. The number of fused-ring (bicyclic) bond motifs is 3. The van der Waals surface area contributed by atoms with Gasteiger partial charge in [-0.05, 0) is 40.7 Å². The minimum atomic E-state index is -1.81. The molecule has 0 bridgehead atoms. The number of ether oxygens (including phenoxy) is 2. The third-order valence-corrected chi connectivity index (χ3v) is 10.1. The molecule has 4 nitrogen and oxygen atoms in total. The van der Waals surface area contributed by atoms with Crippen molar-refractivity contribution in [3.05, 3.63) is 20.9 Å². The Bertz CT molecular complexity index is 766. The zero-order valence-electron chi connectivity index (χ0n) is 14.5. The van der Waals surface area contributed by atoms with Crippen molar-refractivity contribution in [2.75, 3.05) is 13.2 Å². The second-order valence-electron chi connectivity index (χ2n) is 7.60. The van der Waals surface area contributed by atoms with Crippen molar-refractivity contribution in [2.45, 2.75) is 45.0 Å². The lowest BCUT2D eigenvalue weighted by Crippen LogP contribution is -2.45. The molecule has 0 amide bonds. The zero-order chi connectivity index (χ0) is 17.7. The van der Waals surface area contributed by atoms with E-state index in [1.165, 1.54) is 0 Å². The highest BCUT2D eigenvalue weighted by Crippen LogP contribution is 2.44. The summed E-state index contributed by atoms with van der Waals surface area (Å²) >= 11 is 8.43. The molecule has 0 spiro atoms. The van der Waals surface area contributed by atoms with Crippen LogP contribution >= 0.6 is 34.2 Å². The van der Waals surface area contributed by atoms with Crippen molar-refractivity contribution in [1.82, 2.24) is 0 Å². The Morgan fingerprint density at radius 2 is 2.04 bits per heavy atom.